The van der Waals surface area contributed by atoms with Crippen LogP contribution in [-0.4, -0.2) is 22.3 Å². The highest BCUT2D eigenvalue weighted by atomic mass is 16.4. The molecule has 0 radical (unpaired) electrons. The van der Waals surface area contributed by atoms with Crippen molar-refractivity contribution in [3.8, 4) is 0 Å². The lowest BCUT2D eigenvalue weighted by atomic mass is 9.82. The molecule has 0 amide bonds. The Balaban J connectivity index is 4.16. The SMILES string of the molecule is C=CCC(O)C(C)(C)CC(=O)O. The first-order chi connectivity index (χ1) is 5.40. The Bertz CT molecular complexity index is 173. The first kappa shape index (κ1) is 11.2. The van der Waals surface area contributed by atoms with E-state index >= 15 is 0 Å². The van der Waals surface area contributed by atoms with Crippen LogP contribution < -0.4 is 0 Å². The van der Waals surface area contributed by atoms with E-state index in [0.717, 1.165) is 0 Å². The minimum absolute atomic E-state index is 0.0258. The molecule has 0 rings (SSSR count). The first-order valence-corrected chi connectivity index (χ1v) is 3.91. The van der Waals surface area contributed by atoms with Crippen molar-refractivity contribution in [2.75, 3.05) is 0 Å². The molecule has 70 valence electrons. The summed E-state index contributed by atoms with van der Waals surface area (Å²) in [6.45, 7) is 6.95. The fourth-order valence-corrected chi connectivity index (χ4v) is 0.984. The molecule has 2 N–H and O–H groups in total. The Morgan fingerprint density at radius 2 is 2.17 bits per heavy atom. The lowest BCUT2D eigenvalue weighted by Crippen LogP contribution is -2.31. The smallest absolute Gasteiger partial charge is 0.303 e. The fraction of sp³-hybridized carbons (Fsp3) is 0.667. The molecule has 3 heteroatoms. The van der Waals surface area contributed by atoms with Crippen molar-refractivity contribution in [2.24, 2.45) is 5.41 Å². The maximum absolute atomic E-state index is 10.4. The predicted octanol–water partition coefficient (Wildman–Crippen LogP) is 1.42. The van der Waals surface area contributed by atoms with Crippen LogP contribution in [0.5, 0.6) is 0 Å². The summed E-state index contributed by atoms with van der Waals surface area (Å²) in [6, 6.07) is 0. The van der Waals surface area contributed by atoms with Gasteiger partial charge in [0, 0.05) is 5.41 Å². The van der Waals surface area contributed by atoms with Gasteiger partial charge in [0.1, 0.15) is 0 Å². The maximum Gasteiger partial charge on any atom is 0.303 e. The monoisotopic (exact) mass is 172 g/mol. The van der Waals surface area contributed by atoms with Crippen molar-refractivity contribution < 1.29 is 15.0 Å². The molecule has 3 nitrogen and oxygen atoms in total. The van der Waals surface area contributed by atoms with Gasteiger partial charge in [-0.25, -0.2) is 0 Å². The van der Waals surface area contributed by atoms with Gasteiger partial charge in [0.2, 0.25) is 0 Å². The fourth-order valence-electron chi connectivity index (χ4n) is 0.984. The Morgan fingerprint density at radius 3 is 2.50 bits per heavy atom. The number of carboxylic acids is 1. The van der Waals surface area contributed by atoms with Crippen molar-refractivity contribution in [3.63, 3.8) is 0 Å². The van der Waals surface area contributed by atoms with Gasteiger partial charge in [0.15, 0.2) is 0 Å². The molecule has 0 aliphatic carbocycles. The molecule has 0 fully saturated rings. The van der Waals surface area contributed by atoms with E-state index in [9.17, 15) is 9.90 Å². The number of carbonyl (C=O) groups is 1. The van der Waals surface area contributed by atoms with Crippen molar-refractivity contribution in [1.82, 2.24) is 0 Å². The van der Waals surface area contributed by atoms with Gasteiger partial charge in [-0.1, -0.05) is 19.9 Å². The molecule has 0 aliphatic heterocycles. The Morgan fingerprint density at radius 1 is 1.67 bits per heavy atom. The summed E-state index contributed by atoms with van der Waals surface area (Å²) < 4.78 is 0. The van der Waals surface area contributed by atoms with Crippen LogP contribution in [0.2, 0.25) is 0 Å². The summed E-state index contributed by atoms with van der Waals surface area (Å²) in [6.07, 6.45) is 1.36. The number of hydrogen-bond donors (Lipinski definition) is 2. The molecule has 0 saturated heterocycles. The van der Waals surface area contributed by atoms with Crippen molar-refractivity contribution in [3.05, 3.63) is 12.7 Å². The van der Waals surface area contributed by atoms with Crippen LogP contribution in [0.1, 0.15) is 26.7 Å². The highest BCUT2D eigenvalue weighted by molar-refractivity contribution is 5.67. The van der Waals surface area contributed by atoms with Crippen LogP contribution in [0.3, 0.4) is 0 Å². The number of carboxylic acid groups (broad SMARTS) is 1. The van der Waals surface area contributed by atoms with E-state index in [1.807, 2.05) is 0 Å². The van der Waals surface area contributed by atoms with Crippen LogP contribution >= 0.6 is 0 Å². The largest absolute Gasteiger partial charge is 0.481 e. The topological polar surface area (TPSA) is 57.5 Å². The molecule has 0 bridgehead atoms. The summed E-state index contributed by atoms with van der Waals surface area (Å²) in [5.41, 5.74) is -0.583. The normalized spacial score (nSPS) is 13.9. The molecule has 0 saturated carbocycles. The number of rotatable bonds is 5. The van der Waals surface area contributed by atoms with Gasteiger partial charge in [-0.05, 0) is 6.42 Å². The molecule has 0 aromatic rings. The van der Waals surface area contributed by atoms with E-state index in [-0.39, 0.29) is 6.42 Å². The van der Waals surface area contributed by atoms with E-state index in [4.69, 9.17) is 5.11 Å². The minimum atomic E-state index is -0.886. The number of aliphatic hydroxyl groups excluding tert-OH is 1. The number of aliphatic hydroxyl groups is 1. The molecule has 1 unspecified atom stereocenters. The summed E-state index contributed by atoms with van der Waals surface area (Å²) in [5.74, 6) is -0.886. The van der Waals surface area contributed by atoms with E-state index in [0.29, 0.717) is 6.42 Å². The third kappa shape index (κ3) is 3.53. The maximum atomic E-state index is 10.4. The van der Waals surface area contributed by atoms with Gasteiger partial charge in [-0.3, -0.25) is 4.79 Å². The van der Waals surface area contributed by atoms with Gasteiger partial charge in [-0.15, -0.1) is 6.58 Å². The summed E-state index contributed by atoms with van der Waals surface area (Å²) in [4.78, 5) is 10.4. The van der Waals surface area contributed by atoms with Gasteiger partial charge in [0.05, 0.1) is 12.5 Å². The molecule has 1 atom stereocenters. The Labute approximate surface area is 72.7 Å². The molecule has 0 spiro atoms. The van der Waals surface area contributed by atoms with Gasteiger partial charge in [-0.2, -0.15) is 0 Å². The first-order valence-electron chi connectivity index (χ1n) is 3.91. The molecule has 12 heavy (non-hydrogen) atoms. The zero-order valence-corrected chi connectivity index (χ0v) is 7.58. The van der Waals surface area contributed by atoms with E-state index in [1.54, 1.807) is 19.9 Å². The Hall–Kier alpha value is -0.830. The number of aliphatic carboxylic acids is 1. The van der Waals surface area contributed by atoms with E-state index in [2.05, 4.69) is 6.58 Å². The van der Waals surface area contributed by atoms with Gasteiger partial charge < -0.3 is 10.2 Å². The molecule has 0 aliphatic rings. The third-order valence-corrected chi connectivity index (χ3v) is 1.90. The second-order valence-corrected chi connectivity index (χ2v) is 3.60. The summed E-state index contributed by atoms with van der Waals surface area (Å²) >= 11 is 0. The van der Waals surface area contributed by atoms with Crippen LogP contribution in [0, 0.1) is 5.41 Å². The molecule has 0 aromatic heterocycles. The third-order valence-electron chi connectivity index (χ3n) is 1.90. The molecular weight excluding hydrogens is 156 g/mol. The zero-order chi connectivity index (χ0) is 9.78. The standard InChI is InChI=1S/C9H16O3/c1-4-5-7(10)9(2,3)6-8(11)12/h4,7,10H,1,5-6H2,2-3H3,(H,11,12). The quantitative estimate of drug-likeness (QED) is 0.617. The second-order valence-electron chi connectivity index (χ2n) is 3.60. The average Bonchev–Trinajstić information content (AvgIpc) is 1.85. The van der Waals surface area contributed by atoms with Crippen molar-refractivity contribution >= 4 is 5.97 Å². The van der Waals surface area contributed by atoms with Crippen LogP contribution in [0.4, 0.5) is 0 Å². The Kier molecular flexibility index (Phi) is 3.96. The van der Waals surface area contributed by atoms with Gasteiger partial charge in [0.25, 0.3) is 0 Å². The lowest BCUT2D eigenvalue weighted by molar-refractivity contribution is -0.141. The highest BCUT2D eigenvalue weighted by Crippen LogP contribution is 2.27. The lowest BCUT2D eigenvalue weighted by Gasteiger charge is -2.27. The second kappa shape index (κ2) is 4.26. The average molecular weight is 172 g/mol. The minimum Gasteiger partial charge on any atom is -0.481 e. The summed E-state index contributed by atoms with van der Waals surface area (Å²) in [5, 5.41) is 18.0. The predicted molar refractivity (Wildman–Crippen MR) is 46.9 cm³/mol. The summed E-state index contributed by atoms with van der Waals surface area (Å²) in [7, 11) is 0. The van der Waals surface area contributed by atoms with Crippen LogP contribution in [0.25, 0.3) is 0 Å². The van der Waals surface area contributed by atoms with E-state index < -0.39 is 17.5 Å². The van der Waals surface area contributed by atoms with E-state index in [1.165, 1.54) is 0 Å². The van der Waals surface area contributed by atoms with Crippen LogP contribution in [0.15, 0.2) is 12.7 Å². The molecule has 0 aromatic carbocycles. The van der Waals surface area contributed by atoms with Gasteiger partial charge >= 0.3 is 5.97 Å². The van der Waals surface area contributed by atoms with Crippen molar-refractivity contribution in [2.45, 2.75) is 32.8 Å². The number of hydrogen-bond acceptors (Lipinski definition) is 2. The van der Waals surface area contributed by atoms with Crippen molar-refractivity contribution in [1.29, 1.82) is 0 Å². The highest BCUT2D eigenvalue weighted by Gasteiger charge is 2.29. The molecule has 0 heterocycles. The van der Waals surface area contributed by atoms with Crippen LogP contribution in [-0.2, 0) is 4.79 Å². The zero-order valence-electron chi connectivity index (χ0n) is 7.58. The molecular formula is C9H16O3.